The monoisotopic (exact) mass is 376 g/mol. The minimum Gasteiger partial charge on any atom is -0.492 e. The number of hydrogen-bond donors (Lipinski definition) is 1. The van der Waals surface area contributed by atoms with Gasteiger partial charge in [0, 0.05) is 25.2 Å². The van der Waals surface area contributed by atoms with Gasteiger partial charge in [-0.2, -0.15) is 0 Å². The molecule has 0 spiro atoms. The fourth-order valence-electron chi connectivity index (χ4n) is 4.28. The van der Waals surface area contributed by atoms with Gasteiger partial charge in [-0.3, -0.25) is 9.69 Å². The molecule has 0 saturated carbocycles. The topological polar surface area (TPSA) is 61.5 Å². The van der Waals surface area contributed by atoms with Crippen molar-refractivity contribution in [3.8, 4) is 5.75 Å². The summed E-state index contributed by atoms with van der Waals surface area (Å²) in [5.74, 6) is 2.00. The molecule has 1 N–H and O–H groups in total. The summed E-state index contributed by atoms with van der Waals surface area (Å²) in [5, 5.41) is 0. The van der Waals surface area contributed by atoms with Crippen LogP contribution in [-0.2, 0) is 11.3 Å². The Morgan fingerprint density at radius 1 is 1.14 bits per heavy atom. The highest BCUT2D eigenvalue weighted by molar-refractivity contribution is 5.79. The molecule has 2 aliphatic rings. The predicted molar refractivity (Wildman–Crippen MR) is 107 cm³/mol. The molecule has 1 aromatic heterocycles. The van der Waals surface area contributed by atoms with E-state index in [2.05, 4.69) is 16.0 Å². The lowest BCUT2D eigenvalue weighted by Gasteiger charge is -2.27. The SMILES string of the molecule is O=C(CN1CCOc2ccccc2C1)N1CCC[C@@H]1c1nc2ccccc2[nH]1. The first-order valence-corrected chi connectivity index (χ1v) is 9.95. The van der Waals surface area contributed by atoms with Crippen LogP contribution in [-0.4, -0.2) is 51.9 Å². The summed E-state index contributed by atoms with van der Waals surface area (Å²) in [6, 6.07) is 16.1. The minimum absolute atomic E-state index is 0.0374. The Hall–Kier alpha value is -2.86. The number of imidazole rings is 1. The van der Waals surface area contributed by atoms with E-state index in [1.54, 1.807) is 0 Å². The maximum absolute atomic E-state index is 13.1. The molecule has 1 saturated heterocycles. The highest BCUT2D eigenvalue weighted by Gasteiger charge is 2.33. The predicted octanol–water partition coefficient (Wildman–Crippen LogP) is 3.12. The summed E-state index contributed by atoms with van der Waals surface area (Å²) in [6.07, 6.45) is 1.97. The average molecular weight is 376 g/mol. The van der Waals surface area contributed by atoms with Crippen LogP contribution in [0.4, 0.5) is 0 Å². The van der Waals surface area contributed by atoms with Gasteiger partial charge in [0.25, 0.3) is 0 Å². The molecule has 0 bridgehead atoms. The second-order valence-corrected chi connectivity index (χ2v) is 7.55. The molecular weight excluding hydrogens is 352 g/mol. The van der Waals surface area contributed by atoms with Crippen LogP contribution in [0.2, 0.25) is 0 Å². The number of para-hydroxylation sites is 3. The van der Waals surface area contributed by atoms with Crippen molar-refractivity contribution >= 4 is 16.9 Å². The number of ether oxygens (including phenoxy) is 1. The van der Waals surface area contributed by atoms with E-state index in [9.17, 15) is 4.79 Å². The molecule has 1 fully saturated rings. The largest absolute Gasteiger partial charge is 0.492 e. The number of fused-ring (bicyclic) bond motifs is 2. The number of H-pyrrole nitrogens is 1. The van der Waals surface area contributed by atoms with Crippen molar-refractivity contribution in [2.24, 2.45) is 0 Å². The Balaban J connectivity index is 1.31. The van der Waals surface area contributed by atoms with Crippen molar-refractivity contribution in [1.82, 2.24) is 19.8 Å². The van der Waals surface area contributed by atoms with E-state index in [0.29, 0.717) is 13.2 Å². The summed E-state index contributed by atoms with van der Waals surface area (Å²) < 4.78 is 5.83. The van der Waals surface area contributed by atoms with Crippen LogP contribution < -0.4 is 4.74 Å². The van der Waals surface area contributed by atoms with Crippen LogP contribution >= 0.6 is 0 Å². The molecule has 1 amide bonds. The quantitative estimate of drug-likeness (QED) is 0.763. The number of carbonyl (C=O) groups is 1. The standard InChI is InChI=1S/C22H24N4O2/c27-21(15-25-12-13-28-20-10-4-1-6-16(20)14-25)26-11-5-9-19(26)22-23-17-7-2-3-8-18(17)24-22/h1-4,6-8,10,19H,5,9,11-15H2,(H,23,24)/t19-/m1/s1. The Kier molecular flexibility index (Phi) is 4.49. The molecule has 2 aromatic carbocycles. The van der Waals surface area contributed by atoms with Crippen LogP contribution in [0, 0.1) is 0 Å². The summed E-state index contributed by atoms with van der Waals surface area (Å²) in [6.45, 7) is 3.31. The van der Waals surface area contributed by atoms with Gasteiger partial charge >= 0.3 is 0 Å². The molecule has 6 nitrogen and oxygen atoms in total. The van der Waals surface area contributed by atoms with Crippen molar-refractivity contribution in [2.45, 2.75) is 25.4 Å². The van der Waals surface area contributed by atoms with E-state index in [1.165, 1.54) is 0 Å². The number of nitrogens with zero attached hydrogens (tertiary/aromatic N) is 3. The zero-order chi connectivity index (χ0) is 18.9. The fraction of sp³-hybridized carbons (Fsp3) is 0.364. The van der Waals surface area contributed by atoms with Gasteiger partial charge in [-0.15, -0.1) is 0 Å². The maximum atomic E-state index is 13.1. The number of likely N-dealkylation sites (tertiary alicyclic amines) is 1. The molecular formula is C22H24N4O2. The van der Waals surface area contributed by atoms with E-state index < -0.39 is 0 Å². The first-order valence-electron chi connectivity index (χ1n) is 9.95. The van der Waals surface area contributed by atoms with Crippen LogP contribution in [0.3, 0.4) is 0 Å². The Morgan fingerprint density at radius 3 is 2.93 bits per heavy atom. The fourth-order valence-corrected chi connectivity index (χ4v) is 4.28. The van der Waals surface area contributed by atoms with Crippen LogP contribution in [0.5, 0.6) is 5.75 Å². The Morgan fingerprint density at radius 2 is 2.00 bits per heavy atom. The van der Waals surface area contributed by atoms with Crippen molar-refractivity contribution < 1.29 is 9.53 Å². The first-order chi connectivity index (χ1) is 13.8. The highest BCUT2D eigenvalue weighted by Crippen LogP contribution is 2.32. The molecule has 3 aromatic rings. The average Bonchev–Trinajstić information content (AvgIpc) is 3.31. The van der Waals surface area contributed by atoms with Gasteiger partial charge in [-0.05, 0) is 31.0 Å². The number of aromatic nitrogens is 2. The van der Waals surface area contributed by atoms with E-state index in [0.717, 1.165) is 60.6 Å². The molecule has 5 rings (SSSR count). The smallest absolute Gasteiger partial charge is 0.237 e. The number of carbonyl (C=O) groups excluding carboxylic acids is 1. The van der Waals surface area contributed by atoms with Gasteiger partial charge in [0.15, 0.2) is 0 Å². The third-order valence-corrected chi connectivity index (χ3v) is 5.69. The maximum Gasteiger partial charge on any atom is 0.237 e. The molecule has 28 heavy (non-hydrogen) atoms. The van der Waals surface area contributed by atoms with E-state index in [1.807, 2.05) is 47.4 Å². The normalized spacial score (nSPS) is 20.0. The highest BCUT2D eigenvalue weighted by atomic mass is 16.5. The Bertz CT molecular complexity index is 966. The van der Waals surface area contributed by atoms with Crippen LogP contribution in [0.1, 0.15) is 30.3 Å². The van der Waals surface area contributed by atoms with Gasteiger partial charge < -0.3 is 14.6 Å². The van der Waals surface area contributed by atoms with Gasteiger partial charge in [-0.25, -0.2) is 4.98 Å². The molecule has 3 heterocycles. The number of nitrogens with one attached hydrogen (secondary N) is 1. The van der Waals surface area contributed by atoms with Crippen molar-refractivity contribution in [2.75, 3.05) is 26.2 Å². The van der Waals surface area contributed by atoms with Crippen molar-refractivity contribution in [1.29, 1.82) is 0 Å². The third-order valence-electron chi connectivity index (χ3n) is 5.69. The first kappa shape index (κ1) is 17.3. The van der Waals surface area contributed by atoms with Crippen molar-refractivity contribution in [3.05, 3.63) is 59.9 Å². The molecule has 2 aliphatic heterocycles. The van der Waals surface area contributed by atoms with Gasteiger partial charge in [0.2, 0.25) is 5.91 Å². The summed E-state index contributed by atoms with van der Waals surface area (Å²) >= 11 is 0. The third kappa shape index (κ3) is 3.24. The second kappa shape index (κ2) is 7.28. The van der Waals surface area contributed by atoms with Gasteiger partial charge in [0.05, 0.1) is 23.6 Å². The van der Waals surface area contributed by atoms with Crippen LogP contribution in [0.25, 0.3) is 11.0 Å². The van der Waals surface area contributed by atoms with Crippen LogP contribution in [0.15, 0.2) is 48.5 Å². The number of hydrogen-bond acceptors (Lipinski definition) is 4. The molecule has 0 radical (unpaired) electrons. The van der Waals surface area contributed by atoms with Gasteiger partial charge in [0.1, 0.15) is 18.2 Å². The van der Waals surface area contributed by atoms with E-state index >= 15 is 0 Å². The number of rotatable bonds is 3. The lowest BCUT2D eigenvalue weighted by atomic mass is 10.2. The molecule has 1 atom stereocenters. The lowest BCUT2D eigenvalue weighted by Crippen LogP contribution is -2.40. The number of benzene rings is 2. The zero-order valence-electron chi connectivity index (χ0n) is 15.8. The summed E-state index contributed by atoms with van der Waals surface area (Å²) in [4.78, 5) is 25.5. The Labute approximate surface area is 164 Å². The molecule has 0 unspecified atom stereocenters. The minimum atomic E-state index is 0.0374. The summed E-state index contributed by atoms with van der Waals surface area (Å²) in [5.41, 5.74) is 3.12. The number of amides is 1. The van der Waals surface area contributed by atoms with Crippen molar-refractivity contribution in [3.63, 3.8) is 0 Å². The molecule has 0 aliphatic carbocycles. The number of aromatic amines is 1. The zero-order valence-corrected chi connectivity index (χ0v) is 15.8. The van der Waals surface area contributed by atoms with Gasteiger partial charge in [-0.1, -0.05) is 30.3 Å². The van der Waals surface area contributed by atoms with E-state index in [4.69, 9.17) is 9.72 Å². The summed E-state index contributed by atoms with van der Waals surface area (Å²) in [7, 11) is 0. The second-order valence-electron chi connectivity index (χ2n) is 7.55. The lowest BCUT2D eigenvalue weighted by molar-refractivity contribution is -0.133. The van der Waals surface area contributed by atoms with E-state index in [-0.39, 0.29) is 11.9 Å². The molecule has 6 heteroatoms. The molecule has 144 valence electrons.